The molecule has 1 aliphatic carbocycles. The molecule has 0 amide bonds. The molecule has 1 saturated carbocycles. The maximum atomic E-state index is 11.7. The molecule has 1 atom stereocenters. The van der Waals surface area contributed by atoms with Gasteiger partial charge in [0, 0.05) is 21.2 Å². The highest BCUT2D eigenvalue weighted by molar-refractivity contribution is 7.90. The second-order valence-corrected chi connectivity index (χ2v) is 9.01. The van der Waals surface area contributed by atoms with Gasteiger partial charge in [-0.2, -0.15) is 0 Å². The lowest BCUT2D eigenvalue weighted by atomic mass is 10.2. The smallest absolute Gasteiger partial charge is 0.214 e. The molecule has 2 aromatic rings. The van der Waals surface area contributed by atoms with Gasteiger partial charge in [0.05, 0.1) is 5.25 Å². The van der Waals surface area contributed by atoms with Crippen LogP contribution in [0.4, 0.5) is 0 Å². The second kappa shape index (κ2) is 5.57. The van der Waals surface area contributed by atoms with Crippen LogP contribution in [0, 0.1) is 0 Å². The Hall–Kier alpha value is -0.730. The van der Waals surface area contributed by atoms with Crippen molar-refractivity contribution < 1.29 is 13.5 Å². The second-order valence-electron chi connectivity index (χ2n) is 4.79. The fourth-order valence-corrected chi connectivity index (χ4v) is 5.09. The first-order chi connectivity index (χ1) is 9.56. The fourth-order valence-electron chi connectivity index (χ4n) is 1.89. The lowest BCUT2D eigenvalue weighted by Gasteiger charge is -2.05. The normalized spacial score (nSPS) is 17.2. The first-order valence-electron chi connectivity index (χ1n) is 6.35. The van der Waals surface area contributed by atoms with E-state index in [4.69, 9.17) is 0 Å². The Labute approximate surface area is 126 Å². The molecule has 0 bridgehead atoms. The molecule has 3 rings (SSSR count). The Morgan fingerprint density at radius 3 is 2.75 bits per heavy atom. The van der Waals surface area contributed by atoms with Gasteiger partial charge in [-0.25, -0.2) is 13.1 Å². The summed E-state index contributed by atoms with van der Waals surface area (Å²) in [5.41, 5.74) is 0. The molecule has 0 radical (unpaired) electrons. The van der Waals surface area contributed by atoms with Crippen LogP contribution < -0.4 is 4.72 Å². The first-order valence-corrected chi connectivity index (χ1v) is 9.59. The van der Waals surface area contributed by atoms with Crippen LogP contribution in [0.2, 0.25) is 0 Å². The van der Waals surface area contributed by atoms with Crippen LogP contribution in [0.25, 0.3) is 0 Å². The van der Waals surface area contributed by atoms with E-state index in [2.05, 4.69) is 4.72 Å². The number of sulfonamides is 1. The summed E-state index contributed by atoms with van der Waals surface area (Å²) in [6.07, 6.45) is 0.915. The van der Waals surface area contributed by atoms with E-state index < -0.39 is 16.1 Å². The first kappa shape index (κ1) is 14.2. The van der Waals surface area contributed by atoms with E-state index >= 15 is 0 Å². The molecule has 2 N–H and O–H groups in total. The highest BCUT2D eigenvalue weighted by Crippen LogP contribution is 2.31. The van der Waals surface area contributed by atoms with Gasteiger partial charge < -0.3 is 5.11 Å². The summed E-state index contributed by atoms with van der Waals surface area (Å²) in [7, 11) is -3.14. The summed E-state index contributed by atoms with van der Waals surface area (Å²) >= 11 is 2.95. The summed E-state index contributed by atoms with van der Waals surface area (Å²) in [5, 5.41) is 11.9. The number of hydrogen-bond acceptors (Lipinski definition) is 5. The van der Waals surface area contributed by atoms with Gasteiger partial charge >= 0.3 is 0 Å². The van der Waals surface area contributed by atoms with Crippen LogP contribution in [0.5, 0.6) is 0 Å². The third-order valence-corrected chi connectivity index (χ3v) is 7.13. The summed E-state index contributed by atoms with van der Waals surface area (Å²) in [5.74, 6) is 0. The van der Waals surface area contributed by atoms with Gasteiger partial charge in [-0.3, -0.25) is 0 Å². The van der Waals surface area contributed by atoms with E-state index in [0.717, 1.165) is 27.5 Å². The van der Waals surface area contributed by atoms with Crippen molar-refractivity contribution >= 4 is 32.7 Å². The highest BCUT2D eigenvalue weighted by Gasteiger charge is 2.35. The summed E-state index contributed by atoms with van der Waals surface area (Å²) < 4.78 is 26.1. The largest absolute Gasteiger partial charge is 0.382 e. The van der Waals surface area contributed by atoms with Crippen LogP contribution in [0.3, 0.4) is 0 Å². The van der Waals surface area contributed by atoms with Crippen molar-refractivity contribution in [2.45, 2.75) is 30.7 Å². The Morgan fingerprint density at radius 1 is 1.30 bits per heavy atom. The molecule has 0 spiro atoms. The minimum Gasteiger partial charge on any atom is -0.382 e. The van der Waals surface area contributed by atoms with Gasteiger partial charge in [-0.15, -0.1) is 22.7 Å². The third kappa shape index (κ3) is 3.12. The van der Waals surface area contributed by atoms with Crippen molar-refractivity contribution in [3.63, 3.8) is 0 Å². The Balaban J connectivity index is 1.65. The third-order valence-electron chi connectivity index (χ3n) is 3.18. The fraction of sp³-hybridized carbons (Fsp3) is 0.385. The number of aliphatic hydroxyl groups excluding tert-OH is 1. The molecule has 0 aliphatic heterocycles. The van der Waals surface area contributed by atoms with E-state index in [0.29, 0.717) is 6.54 Å². The molecule has 2 heterocycles. The zero-order valence-electron chi connectivity index (χ0n) is 10.7. The molecule has 1 aliphatic rings. The van der Waals surface area contributed by atoms with E-state index in [1.807, 2.05) is 29.6 Å². The molecule has 4 nitrogen and oxygen atoms in total. The number of nitrogens with one attached hydrogen (secondary N) is 1. The van der Waals surface area contributed by atoms with Gasteiger partial charge in [0.1, 0.15) is 6.10 Å². The lowest BCUT2D eigenvalue weighted by Crippen LogP contribution is -2.26. The highest BCUT2D eigenvalue weighted by atomic mass is 32.2. The van der Waals surface area contributed by atoms with Gasteiger partial charge in [0.2, 0.25) is 10.0 Å². The van der Waals surface area contributed by atoms with Gasteiger partial charge in [-0.1, -0.05) is 6.07 Å². The van der Waals surface area contributed by atoms with Gasteiger partial charge in [0.15, 0.2) is 0 Å². The van der Waals surface area contributed by atoms with E-state index in [1.165, 1.54) is 22.7 Å². The van der Waals surface area contributed by atoms with Gasteiger partial charge in [0.25, 0.3) is 0 Å². The molecule has 0 aromatic carbocycles. The van der Waals surface area contributed by atoms with Crippen molar-refractivity contribution in [2.75, 3.05) is 0 Å². The molecule has 108 valence electrons. The molecule has 7 heteroatoms. The molecule has 0 saturated heterocycles. The van der Waals surface area contributed by atoms with Crippen molar-refractivity contribution in [1.29, 1.82) is 0 Å². The van der Waals surface area contributed by atoms with E-state index in [-0.39, 0.29) is 5.25 Å². The van der Waals surface area contributed by atoms with Crippen molar-refractivity contribution in [3.05, 3.63) is 44.3 Å². The predicted octanol–water partition coefficient (Wildman–Crippen LogP) is 2.47. The zero-order valence-corrected chi connectivity index (χ0v) is 13.1. The van der Waals surface area contributed by atoms with Crippen LogP contribution in [-0.4, -0.2) is 18.8 Å². The van der Waals surface area contributed by atoms with Crippen LogP contribution in [0.15, 0.2) is 29.6 Å². The summed E-state index contributed by atoms with van der Waals surface area (Å²) in [6.45, 7) is 0.306. The summed E-state index contributed by atoms with van der Waals surface area (Å²) in [6, 6.07) is 7.52. The number of rotatable bonds is 6. The molecule has 1 fully saturated rings. The minimum atomic E-state index is -3.14. The number of thiophene rings is 2. The van der Waals surface area contributed by atoms with E-state index in [1.54, 1.807) is 0 Å². The average molecular weight is 329 g/mol. The minimum absolute atomic E-state index is 0.196. The maximum absolute atomic E-state index is 11.7. The quantitative estimate of drug-likeness (QED) is 0.855. The number of aliphatic hydroxyl groups is 1. The maximum Gasteiger partial charge on any atom is 0.214 e. The Bertz CT molecular complexity index is 672. The Kier molecular flexibility index (Phi) is 3.96. The SMILES string of the molecule is O=S(=O)(NCc1ccc([C@@H](O)c2cccs2)s1)C1CC1. The Morgan fingerprint density at radius 2 is 2.10 bits per heavy atom. The molecular formula is C13H15NO3S3. The van der Waals surface area contributed by atoms with Crippen LogP contribution in [-0.2, 0) is 16.6 Å². The molecule has 2 aromatic heterocycles. The van der Waals surface area contributed by atoms with Crippen molar-refractivity contribution in [1.82, 2.24) is 4.72 Å². The lowest BCUT2D eigenvalue weighted by molar-refractivity contribution is 0.228. The zero-order chi connectivity index (χ0) is 14.2. The predicted molar refractivity (Wildman–Crippen MR) is 81.5 cm³/mol. The van der Waals surface area contributed by atoms with Crippen LogP contribution in [0.1, 0.15) is 33.6 Å². The average Bonchev–Trinajstić information content (AvgIpc) is 2.98. The van der Waals surface area contributed by atoms with Crippen molar-refractivity contribution in [2.24, 2.45) is 0 Å². The number of hydrogen-bond donors (Lipinski definition) is 2. The summed E-state index contributed by atoms with van der Waals surface area (Å²) in [4.78, 5) is 2.66. The monoisotopic (exact) mass is 329 g/mol. The topological polar surface area (TPSA) is 66.4 Å². The standard InChI is InChI=1S/C13H15NO3S3/c15-13(11-2-1-7-18-11)12-6-3-9(19-12)8-14-20(16,17)10-4-5-10/h1-3,6-7,10,13-15H,4-5,8H2/t13-/m0/s1. The van der Waals surface area contributed by atoms with Crippen LogP contribution >= 0.6 is 22.7 Å². The molecular weight excluding hydrogens is 314 g/mol. The van der Waals surface area contributed by atoms with Crippen molar-refractivity contribution in [3.8, 4) is 0 Å². The molecule has 20 heavy (non-hydrogen) atoms. The molecule has 0 unspecified atom stereocenters. The van der Waals surface area contributed by atoms with Gasteiger partial charge in [-0.05, 0) is 36.4 Å². The van der Waals surface area contributed by atoms with E-state index in [9.17, 15) is 13.5 Å².